The number of carbonyl (C=O) groups is 2. The molecule has 2 aliphatic rings. The number of unbranched alkanes of at least 4 members (excludes halogenated alkanes) is 1. The highest BCUT2D eigenvalue weighted by Gasteiger charge is 2.42. The Bertz CT molecular complexity index is 644. The standard InChI is InChI=1S/C19H31N5O2/c1-3-4-11-23-13-19(10-8-18(23)26)9-5-12-24(14-19)17(25)7-6-16-21-20-15-22(16)2/h15H,3-14H2,1-2H3. The lowest BCUT2D eigenvalue weighted by molar-refractivity contribution is -0.143. The quantitative estimate of drug-likeness (QED) is 0.774. The average molecular weight is 361 g/mol. The van der Waals surface area contributed by atoms with Crippen molar-refractivity contribution in [1.82, 2.24) is 24.6 Å². The van der Waals surface area contributed by atoms with Crippen LogP contribution >= 0.6 is 0 Å². The SMILES string of the molecule is CCCCN1CC2(CCCN(C(=O)CCc3nncn3C)C2)CCC1=O. The second-order valence-corrected chi connectivity index (χ2v) is 7.95. The van der Waals surface area contributed by atoms with Gasteiger partial charge in [0.15, 0.2) is 0 Å². The van der Waals surface area contributed by atoms with Crippen LogP contribution in [0.2, 0.25) is 0 Å². The van der Waals surface area contributed by atoms with E-state index >= 15 is 0 Å². The van der Waals surface area contributed by atoms with E-state index in [9.17, 15) is 9.59 Å². The third-order valence-electron chi connectivity index (χ3n) is 5.91. The summed E-state index contributed by atoms with van der Waals surface area (Å²) < 4.78 is 1.86. The van der Waals surface area contributed by atoms with Crippen LogP contribution in [0.3, 0.4) is 0 Å². The normalized spacial score (nSPS) is 23.7. The molecule has 1 aromatic rings. The highest BCUT2D eigenvalue weighted by atomic mass is 16.2. The highest BCUT2D eigenvalue weighted by Crippen LogP contribution is 2.39. The largest absolute Gasteiger partial charge is 0.342 e. The van der Waals surface area contributed by atoms with E-state index in [-0.39, 0.29) is 17.2 Å². The number of aryl methyl sites for hydroxylation is 2. The van der Waals surface area contributed by atoms with Gasteiger partial charge in [0.2, 0.25) is 11.8 Å². The Kier molecular flexibility index (Phi) is 5.94. The Labute approximate surface area is 155 Å². The van der Waals surface area contributed by atoms with Gasteiger partial charge >= 0.3 is 0 Å². The van der Waals surface area contributed by atoms with E-state index in [4.69, 9.17) is 0 Å². The molecule has 2 aliphatic heterocycles. The fraction of sp³-hybridized carbons (Fsp3) is 0.789. The van der Waals surface area contributed by atoms with Crippen molar-refractivity contribution < 1.29 is 9.59 Å². The summed E-state index contributed by atoms with van der Waals surface area (Å²) in [6, 6.07) is 0. The molecule has 3 heterocycles. The van der Waals surface area contributed by atoms with Crippen LogP contribution in [0.4, 0.5) is 0 Å². The maximum Gasteiger partial charge on any atom is 0.223 e. The molecule has 144 valence electrons. The van der Waals surface area contributed by atoms with Crippen LogP contribution in [0.1, 0.15) is 57.7 Å². The summed E-state index contributed by atoms with van der Waals surface area (Å²) in [7, 11) is 1.90. The van der Waals surface area contributed by atoms with Gasteiger partial charge in [0.1, 0.15) is 12.2 Å². The first-order valence-corrected chi connectivity index (χ1v) is 9.91. The summed E-state index contributed by atoms with van der Waals surface area (Å²) in [5.74, 6) is 1.33. The molecule has 0 aromatic carbocycles. The average Bonchev–Trinajstić information content (AvgIpc) is 3.06. The van der Waals surface area contributed by atoms with Crippen molar-refractivity contribution in [3.8, 4) is 0 Å². The predicted molar refractivity (Wildman–Crippen MR) is 98.3 cm³/mol. The molecule has 0 bridgehead atoms. The minimum Gasteiger partial charge on any atom is -0.342 e. The smallest absolute Gasteiger partial charge is 0.223 e. The summed E-state index contributed by atoms with van der Waals surface area (Å²) in [6.45, 7) is 5.46. The first-order valence-electron chi connectivity index (χ1n) is 9.91. The number of rotatable bonds is 6. The van der Waals surface area contributed by atoms with Crippen LogP contribution in [-0.2, 0) is 23.1 Å². The maximum absolute atomic E-state index is 12.7. The van der Waals surface area contributed by atoms with Crippen LogP contribution in [0.5, 0.6) is 0 Å². The fourth-order valence-electron chi connectivity index (χ4n) is 4.32. The van der Waals surface area contributed by atoms with E-state index in [1.54, 1.807) is 6.33 Å². The number of hydrogen-bond acceptors (Lipinski definition) is 4. The Balaban J connectivity index is 1.58. The van der Waals surface area contributed by atoms with Crippen molar-refractivity contribution in [3.63, 3.8) is 0 Å². The first kappa shape index (κ1) is 18.9. The molecule has 1 aromatic heterocycles. The number of piperidine rings is 2. The number of likely N-dealkylation sites (tertiary alicyclic amines) is 2. The molecular formula is C19H31N5O2. The number of amides is 2. The summed E-state index contributed by atoms with van der Waals surface area (Å²) in [6.07, 6.45) is 8.62. The number of aromatic nitrogens is 3. The Morgan fingerprint density at radius 1 is 1.31 bits per heavy atom. The van der Waals surface area contributed by atoms with Crippen molar-refractivity contribution in [2.24, 2.45) is 12.5 Å². The van der Waals surface area contributed by atoms with Gasteiger partial charge in [-0.05, 0) is 25.7 Å². The van der Waals surface area contributed by atoms with E-state index in [1.165, 1.54) is 0 Å². The lowest BCUT2D eigenvalue weighted by Gasteiger charge is -2.48. The summed E-state index contributed by atoms with van der Waals surface area (Å²) in [4.78, 5) is 29.0. The predicted octanol–water partition coefficient (Wildman–Crippen LogP) is 1.78. The lowest BCUT2D eigenvalue weighted by atomic mass is 9.73. The van der Waals surface area contributed by atoms with E-state index < -0.39 is 0 Å². The van der Waals surface area contributed by atoms with Crippen molar-refractivity contribution >= 4 is 11.8 Å². The van der Waals surface area contributed by atoms with Gasteiger partial charge in [-0.1, -0.05) is 13.3 Å². The second kappa shape index (κ2) is 8.18. The molecular weight excluding hydrogens is 330 g/mol. The molecule has 0 saturated carbocycles. The zero-order valence-electron chi connectivity index (χ0n) is 16.1. The molecule has 2 fully saturated rings. The van der Waals surface area contributed by atoms with E-state index in [1.807, 2.05) is 21.4 Å². The van der Waals surface area contributed by atoms with Gasteiger partial charge in [-0.15, -0.1) is 10.2 Å². The van der Waals surface area contributed by atoms with Crippen molar-refractivity contribution in [2.75, 3.05) is 26.2 Å². The number of nitrogens with zero attached hydrogens (tertiary/aromatic N) is 5. The van der Waals surface area contributed by atoms with Gasteiger partial charge in [-0.2, -0.15) is 0 Å². The summed E-state index contributed by atoms with van der Waals surface area (Å²) >= 11 is 0. The lowest BCUT2D eigenvalue weighted by Crippen LogP contribution is -2.55. The molecule has 2 saturated heterocycles. The van der Waals surface area contributed by atoms with Gasteiger partial charge in [0.25, 0.3) is 0 Å². The monoisotopic (exact) mass is 361 g/mol. The van der Waals surface area contributed by atoms with Crippen LogP contribution in [-0.4, -0.2) is 62.6 Å². The maximum atomic E-state index is 12.7. The van der Waals surface area contributed by atoms with Crippen LogP contribution < -0.4 is 0 Å². The minimum absolute atomic E-state index is 0.0976. The first-order chi connectivity index (χ1) is 12.5. The number of hydrogen-bond donors (Lipinski definition) is 0. The molecule has 0 radical (unpaired) electrons. The third kappa shape index (κ3) is 4.24. The molecule has 7 nitrogen and oxygen atoms in total. The fourth-order valence-corrected chi connectivity index (χ4v) is 4.32. The Hall–Kier alpha value is -1.92. The molecule has 1 atom stereocenters. The minimum atomic E-state index is 0.0976. The van der Waals surface area contributed by atoms with Gasteiger partial charge in [0.05, 0.1) is 0 Å². The van der Waals surface area contributed by atoms with Gasteiger partial charge in [-0.25, -0.2) is 0 Å². The number of carbonyl (C=O) groups excluding carboxylic acids is 2. The van der Waals surface area contributed by atoms with Crippen LogP contribution in [0.25, 0.3) is 0 Å². The Morgan fingerprint density at radius 3 is 2.88 bits per heavy atom. The third-order valence-corrected chi connectivity index (χ3v) is 5.91. The Morgan fingerprint density at radius 2 is 2.15 bits per heavy atom. The topological polar surface area (TPSA) is 71.3 Å². The zero-order chi connectivity index (χ0) is 18.6. The summed E-state index contributed by atoms with van der Waals surface area (Å²) in [5.41, 5.74) is 0.0976. The molecule has 7 heteroatoms. The van der Waals surface area contributed by atoms with Gasteiger partial charge in [0, 0.05) is 57.9 Å². The van der Waals surface area contributed by atoms with Crippen LogP contribution in [0, 0.1) is 5.41 Å². The molecule has 1 spiro atoms. The molecule has 1 unspecified atom stereocenters. The summed E-state index contributed by atoms with van der Waals surface area (Å²) in [5, 5.41) is 7.93. The van der Waals surface area contributed by atoms with E-state index in [2.05, 4.69) is 17.1 Å². The molecule has 2 amide bonds. The van der Waals surface area contributed by atoms with Crippen molar-refractivity contribution in [2.45, 2.75) is 58.3 Å². The van der Waals surface area contributed by atoms with E-state index in [0.29, 0.717) is 19.3 Å². The molecule has 0 N–H and O–H groups in total. The van der Waals surface area contributed by atoms with E-state index in [0.717, 1.165) is 64.1 Å². The van der Waals surface area contributed by atoms with Gasteiger partial charge in [-0.3, -0.25) is 9.59 Å². The second-order valence-electron chi connectivity index (χ2n) is 7.95. The highest BCUT2D eigenvalue weighted by molar-refractivity contribution is 5.78. The zero-order valence-corrected chi connectivity index (χ0v) is 16.1. The van der Waals surface area contributed by atoms with Crippen LogP contribution in [0.15, 0.2) is 6.33 Å². The molecule has 26 heavy (non-hydrogen) atoms. The van der Waals surface area contributed by atoms with Crippen molar-refractivity contribution in [3.05, 3.63) is 12.2 Å². The molecule has 0 aliphatic carbocycles. The van der Waals surface area contributed by atoms with Gasteiger partial charge < -0.3 is 14.4 Å². The molecule has 3 rings (SSSR count). The van der Waals surface area contributed by atoms with Crippen molar-refractivity contribution in [1.29, 1.82) is 0 Å².